The monoisotopic (exact) mass is 375 g/mol. The average Bonchev–Trinajstić information content (AvgIpc) is 2.40. The summed E-state index contributed by atoms with van der Waals surface area (Å²) in [6.07, 6.45) is 0. The van der Waals surface area contributed by atoms with E-state index in [0.717, 1.165) is 17.7 Å². The summed E-state index contributed by atoms with van der Waals surface area (Å²) in [6, 6.07) is 10.1. The van der Waals surface area contributed by atoms with Gasteiger partial charge in [-0.05, 0) is 51.8 Å². The molecule has 0 bridgehead atoms. The van der Waals surface area contributed by atoms with Gasteiger partial charge in [-0.15, -0.1) is 0 Å². The summed E-state index contributed by atoms with van der Waals surface area (Å²) in [7, 11) is 0. The van der Waals surface area contributed by atoms with Gasteiger partial charge in [-0.1, -0.05) is 48.3 Å². The van der Waals surface area contributed by atoms with Crippen LogP contribution in [-0.4, -0.2) is 6.54 Å². The smallest absolute Gasteiger partial charge is 0.137 e. The van der Waals surface area contributed by atoms with Crippen LogP contribution in [0.25, 0.3) is 0 Å². The van der Waals surface area contributed by atoms with Gasteiger partial charge in [0.1, 0.15) is 5.82 Å². The predicted molar refractivity (Wildman–Crippen MR) is 86.1 cm³/mol. The van der Waals surface area contributed by atoms with Crippen molar-refractivity contribution >= 4 is 39.1 Å². The fraction of sp³-hybridized carbons (Fsp3) is 0.200. The molecular formula is C15H13BrCl2FN. The van der Waals surface area contributed by atoms with Gasteiger partial charge in [0.2, 0.25) is 0 Å². The molecule has 2 rings (SSSR count). The quantitative estimate of drug-likeness (QED) is 0.732. The van der Waals surface area contributed by atoms with Gasteiger partial charge in [0.25, 0.3) is 0 Å². The van der Waals surface area contributed by atoms with Crippen molar-refractivity contribution in [2.24, 2.45) is 0 Å². The van der Waals surface area contributed by atoms with Gasteiger partial charge in [0.05, 0.1) is 10.5 Å². The van der Waals surface area contributed by atoms with Crippen LogP contribution in [0, 0.1) is 5.82 Å². The molecule has 0 saturated heterocycles. The summed E-state index contributed by atoms with van der Waals surface area (Å²) in [5, 5.41) is 4.45. The van der Waals surface area contributed by atoms with Crippen LogP contribution in [0.15, 0.2) is 40.9 Å². The van der Waals surface area contributed by atoms with E-state index in [0.29, 0.717) is 14.5 Å². The van der Waals surface area contributed by atoms with E-state index < -0.39 is 0 Å². The Morgan fingerprint density at radius 2 is 1.95 bits per heavy atom. The Hall–Kier alpha value is -0.610. The molecule has 106 valence electrons. The molecule has 0 saturated carbocycles. The first-order valence-corrected chi connectivity index (χ1v) is 7.71. The van der Waals surface area contributed by atoms with Crippen molar-refractivity contribution < 1.29 is 4.39 Å². The minimum absolute atomic E-state index is 0.199. The number of nitrogens with one attached hydrogen (secondary N) is 1. The van der Waals surface area contributed by atoms with Crippen molar-refractivity contribution in [3.05, 3.63) is 67.9 Å². The Morgan fingerprint density at radius 1 is 1.20 bits per heavy atom. The van der Waals surface area contributed by atoms with Gasteiger partial charge in [-0.2, -0.15) is 0 Å². The van der Waals surface area contributed by atoms with Gasteiger partial charge in [-0.25, -0.2) is 4.39 Å². The van der Waals surface area contributed by atoms with Gasteiger partial charge in [-0.3, -0.25) is 0 Å². The minimum atomic E-state index is -0.296. The molecule has 0 aliphatic rings. The normalized spacial score (nSPS) is 12.4. The molecule has 0 aliphatic heterocycles. The average molecular weight is 377 g/mol. The molecule has 0 fully saturated rings. The highest BCUT2D eigenvalue weighted by Gasteiger charge is 2.20. The zero-order valence-corrected chi connectivity index (χ0v) is 13.9. The zero-order valence-electron chi connectivity index (χ0n) is 10.8. The van der Waals surface area contributed by atoms with Crippen LogP contribution >= 0.6 is 39.1 Å². The van der Waals surface area contributed by atoms with Crippen LogP contribution < -0.4 is 5.32 Å². The fourth-order valence-electron chi connectivity index (χ4n) is 2.07. The molecule has 0 spiro atoms. The third kappa shape index (κ3) is 3.34. The first kappa shape index (κ1) is 15.8. The van der Waals surface area contributed by atoms with Crippen molar-refractivity contribution in [2.75, 3.05) is 6.54 Å². The Morgan fingerprint density at radius 3 is 2.60 bits per heavy atom. The molecule has 1 atom stereocenters. The lowest BCUT2D eigenvalue weighted by Crippen LogP contribution is -2.23. The summed E-state index contributed by atoms with van der Waals surface area (Å²) in [5.41, 5.74) is 1.67. The molecule has 1 unspecified atom stereocenters. The summed E-state index contributed by atoms with van der Waals surface area (Å²) in [6.45, 7) is 2.72. The minimum Gasteiger partial charge on any atom is -0.306 e. The summed E-state index contributed by atoms with van der Waals surface area (Å²) in [4.78, 5) is 0. The topological polar surface area (TPSA) is 12.0 Å². The third-order valence-corrected chi connectivity index (χ3v) is 4.37. The van der Waals surface area contributed by atoms with Crippen molar-refractivity contribution in [2.45, 2.75) is 13.0 Å². The van der Waals surface area contributed by atoms with Crippen molar-refractivity contribution in [1.29, 1.82) is 0 Å². The number of hydrogen-bond acceptors (Lipinski definition) is 1. The maximum Gasteiger partial charge on any atom is 0.137 e. The van der Waals surface area contributed by atoms with Gasteiger partial charge in [0, 0.05) is 10.0 Å². The highest BCUT2D eigenvalue weighted by molar-refractivity contribution is 9.10. The Kier molecular flexibility index (Phi) is 5.44. The summed E-state index contributed by atoms with van der Waals surface area (Å²) < 4.78 is 14.2. The van der Waals surface area contributed by atoms with Crippen LogP contribution in [0.1, 0.15) is 24.1 Å². The maximum atomic E-state index is 13.7. The molecule has 1 nitrogen and oxygen atoms in total. The Labute approximate surface area is 136 Å². The molecule has 0 aromatic heterocycles. The Bertz CT molecular complexity index is 619. The SMILES string of the molecule is CCNC(c1ccc(Cl)cc1Cl)c1cccc(F)c1Br. The van der Waals surface area contributed by atoms with E-state index in [1.54, 1.807) is 18.2 Å². The van der Waals surface area contributed by atoms with Crippen LogP contribution in [0.2, 0.25) is 10.0 Å². The molecule has 5 heteroatoms. The van der Waals surface area contributed by atoms with Crippen LogP contribution in [0.4, 0.5) is 4.39 Å². The van der Waals surface area contributed by atoms with Crippen LogP contribution in [-0.2, 0) is 0 Å². The number of rotatable bonds is 4. The molecule has 1 N–H and O–H groups in total. The van der Waals surface area contributed by atoms with Gasteiger partial charge < -0.3 is 5.32 Å². The molecule has 0 amide bonds. The standard InChI is InChI=1S/C15H13BrCl2FN/c1-2-20-15(10-7-6-9(17)8-12(10)18)11-4-3-5-13(19)14(11)16/h3-8,15,20H,2H2,1H3. The highest BCUT2D eigenvalue weighted by atomic mass is 79.9. The van der Waals surface area contributed by atoms with E-state index in [9.17, 15) is 4.39 Å². The second-order valence-electron chi connectivity index (χ2n) is 4.30. The largest absolute Gasteiger partial charge is 0.306 e. The molecular weight excluding hydrogens is 364 g/mol. The highest BCUT2D eigenvalue weighted by Crippen LogP contribution is 2.34. The number of hydrogen-bond donors (Lipinski definition) is 1. The second kappa shape index (κ2) is 6.90. The lowest BCUT2D eigenvalue weighted by molar-refractivity contribution is 0.595. The lowest BCUT2D eigenvalue weighted by atomic mass is 9.98. The number of halogens is 4. The molecule has 0 radical (unpaired) electrons. The first-order chi connectivity index (χ1) is 9.54. The predicted octanol–water partition coefficient (Wildman–Crippen LogP) is 5.59. The molecule has 2 aromatic carbocycles. The van der Waals surface area contributed by atoms with E-state index in [2.05, 4.69) is 21.2 Å². The zero-order chi connectivity index (χ0) is 14.7. The second-order valence-corrected chi connectivity index (χ2v) is 5.94. The third-order valence-electron chi connectivity index (χ3n) is 2.97. The van der Waals surface area contributed by atoms with Gasteiger partial charge >= 0.3 is 0 Å². The molecule has 20 heavy (non-hydrogen) atoms. The lowest BCUT2D eigenvalue weighted by Gasteiger charge is -2.21. The van der Waals surface area contributed by atoms with E-state index >= 15 is 0 Å². The van der Waals surface area contributed by atoms with Crippen LogP contribution in [0.3, 0.4) is 0 Å². The first-order valence-electron chi connectivity index (χ1n) is 6.16. The van der Waals surface area contributed by atoms with Crippen molar-refractivity contribution in [3.8, 4) is 0 Å². The molecule has 2 aromatic rings. The Balaban J connectivity index is 2.53. The van der Waals surface area contributed by atoms with Crippen molar-refractivity contribution in [1.82, 2.24) is 5.32 Å². The summed E-state index contributed by atoms with van der Waals surface area (Å²) >= 11 is 15.5. The molecule has 0 heterocycles. The summed E-state index contributed by atoms with van der Waals surface area (Å²) in [5.74, 6) is -0.296. The maximum absolute atomic E-state index is 13.7. The molecule has 0 aliphatic carbocycles. The van der Waals surface area contributed by atoms with E-state index in [-0.39, 0.29) is 11.9 Å². The van der Waals surface area contributed by atoms with E-state index in [1.165, 1.54) is 6.07 Å². The van der Waals surface area contributed by atoms with Crippen LogP contribution in [0.5, 0.6) is 0 Å². The van der Waals surface area contributed by atoms with Gasteiger partial charge in [0.15, 0.2) is 0 Å². The van der Waals surface area contributed by atoms with E-state index in [4.69, 9.17) is 23.2 Å². The van der Waals surface area contributed by atoms with E-state index in [1.807, 2.05) is 19.1 Å². The number of benzene rings is 2. The van der Waals surface area contributed by atoms with Crippen molar-refractivity contribution in [3.63, 3.8) is 0 Å². The fourth-order valence-corrected chi connectivity index (χ4v) is 3.08.